The van der Waals surface area contributed by atoms with Crippen LogP contribution in [0.2, 0.25) is 0 Å². The van der Waals surface area contributed by atoms with Gasteiger partial charge in [-0.1, -0.05) is 61.4 Å². The fourth-order valence-electron chi connectivity index (χ4n) is 3.66. The van der Waals surface area contributed by atoms with Crippen molar-refractivity contribution >= 4 is 17.6 Å². The summed E-state index contributed by atoms with van der Waals surface area (Å²) in [5, 5.41) is 7.76. The zero-order valence-corrected chi connectivity index (χ0v) is 18.8. The monoisotopic (exact) mass is 430 g/mol. The molecular formula is C26H30N4O2. The van der Waals surface area contributed by atoms with Crippen molar-refractivity contribution < 1.29 is 9.59 Å². The number of anilines is 1. The summed E-state index contributed by atoms with van der Waals surface area (Å²) < 4.78 is 1.75. The van der Waals surface area contributed by atoms with Crippen LogP contribution < -0.4 is 5.32 Å². The molecule has 1 fully saturated rings. The minimum absolute atomic E-state index is 0.0646. The Morgan fingerprint density at radius 3 is 2.47 bits per heavy atom. The van der Waals surface area contributed by atoms with Gasteiger partial charge in [0.1, 0.15) is 5.82 Å². The molecule has 0 spiro atoms. The van der Waals surface area contributed by atoms with Crippen molar-refractivity contribution in [1.29, 1.82) is 0 Å². The number of rotatable bonds is 9. The van der Waals surface area contributed by atoms with Crippen LogP contribution >= 0.6 is 0 Å². The molecule has 0 bridgehead atoms. The van der Waals surface area contributed by atoms with E-state index in [9.17, 15) is 9.59 Å². The Labute approximate surface area is 189 Å². The molecule has 6 nitrogen and oxygen atoms in total. The van der Waals surface area contributed by atoms with Crippen LogP contribution in [0.15, 0.2) is 60.7 Å². The maximum absolute atomic E-state index is 13.0. The molecule has 0 aliphatic heterocycles. The first-order chi connectivity index (χ1) is 15.5. The van der Waals surface area contributed by atoms with E-state index in [1.165, 1.54) is 0 Å². The van der Waals surface area contributed by atoms with Crippen LogP contribution in [0.4, 0.5) is 5.82 Å². The quantitative estimate of drug-likeness (QED) is 0.529. The molecule has 0 saturated heterocycles. The van der Waals surface area contributed by atoms with Crippen LogP contribution in [0.1, 0.15) is 38.2 Å². The molecule has 0 unspecified atom stereocenters. The van der Waals surface area contributed by atoms with Gasteiger partial charge in [-0.3, -0.25) is 9.59 Å². The molecule has 1 N–H and O–H groups in total. The number of hydrogen-bond acceptors (Lipinski definition) is 3. The fraction of sp³-hybridized carbons (Fsp3) is 0.346. The maximum atomic E-state index is 13.0. The molecular weight excluding hydrogens is 400 g/mol. The number of nitrogens with zero attached hydrogens (tertiary/aromatic N) is 3. The second-order valence-corrected chi connectivity index (χ2v) is 8.46. The van der Waals surface area contributed by atoms with Gasteiger partial charge in [-0.15, -0.1) is 0 Å². The largest absolute Gasteiger partial charge is 0.333 e. The molecule has 1 aromatic heterocycles. The summed E-state index contributed by atoms with van der Waals surface area (Å²) in [5.41, 5.74) is 3.77. The van der Waals surface area contributed by atoms with Crippen molar-refractivity contribution in [3.8, 4) is 16.9 Å². The van der Waals surface area contributed by atoms with Crippen molar-refractivity contribution in [2.75, 3.05) is 18.4 Å². The third kappa shape index (κ3) is 5.25. The number of carbonyl (C=O) groups is 2. The van der Waals surface area contributed by atoms with E-state index in [2.05, 4.69) is 12.2 Å². The molecule has 2 amide bonds. The van der Waals surface area contributed by atoms with Gasteiger partial charge < -0.3 is 10.2 Å². The van der Waals surface area contributed by atoms with Gasteiger partial charge in [0.05, 0.1) is 17.9 Å². The molecule has 4 rings (SSSR count). The highest BCUT2D eigenvalue weighted by Crippen LogP contribution is 2.31. The fourth-order valence-corrected chi connectivity index (χ4v) is 3.66. The van der Waals surface area contributed by atoms with E-state index in [4.69, 9.17) is 5.10 Å². The van der Waals surface area contributed by atoms with Gasteiger partial charge in [0.15, 0.2) is 0 Å². The minimum Gasteiger partial charge on any atom is -0.333 e. The van der Waals surface area contributed by atoms with E-state index >= 15 is 0 Å². The molecule has 1 saturated carbocycles. The van der Waals surface area contributed by atoms with Crippen LogP contribution in [0.25, 0.3) is 16.9 Å². The van der Waals surface area contributed by atoms with Crippen molar-refractivity contribution in [3.05, 3.63) is 66.2 Å². The number of aromatic nitrogens is 2. The zero-order chi connectivity index (χ0) is 22.5. The molecule has 1 aliphatic rings. The Bertz CT molecular complexity index is 1070. The van der Waals surface area contributed by atoms with Gasteiger partial charge in [0.2, 0.25) is 11.8 Å². The molecule has 166 valence electrons. The average molecular weight is 431 g/mol. The molecule has 1 aliphatic carbocycles. The van der Waals surface area contributed by atoms with Gasteiger partial charge in [-0.2, -0.15) is 5.10 Å². The molecule has 32 heavy (non-hydrogen) atoms. The number of benzene rings is 2. The van der Waals surface area contributed by atoms with Crippen LogP contribution in [-0.4, -0.2) is 39.6 Å². The standard InChI is InChI=1S/C26H30N4O2/c1-3-4-16-29(26(32)21-12-13-21)18-25(31)27-24-17-23(20-8-6-5-7-9-20)28-30(24)22-14-10-19(2)11-15-22/h5-11,14-15,17,21H,3-4,12-13,16,18H2,1-2H3,(H,27,31). The zero-order valence-electron chi connectivity index (χ0n) is 18.8. The molecule has 0 atom stereocenters. The van der Waals surface area contributed by atoms with Crippen molar-refractivity contribution in [3.63, 3.8) is 0 Å². The van der Waals surface area contributed by atoms with Crippen LogP contribution in [0, 0.1) is 12.8 Å². The number of carbonyl (C=O) groups excluding carboxylic acids is 2. The Hall–Kier alpha value is -3.41. The summed E-state index contributed by atoms with van der Waals surface area (Å²) in [6.07, 6.45) is 3.75. The first-order valence-electron chi connectivity index (χ1n) is 11.4. The van der Waals surface area contributed by atoms with Crippen LogP contribution in [0.5, 0.6) is 0 Å². The summed E-state index contributed by atoms with van der Waals surface area (Å²) in [5.74, 6) is 0.586. The van der Waals surface area contributed by atoms with E-state index in [0.29, 0.717) is 12.4 Å². The van der Waals surface area contributed by atoms with Crippen LogP contribution in [0.3, 0.4) is 0 Å². The summed E-state index contributed by atoms with van der Waals surface area (Å²) in [6.45, 7) is 4.80. The lowest BCUT2D eigenvalue weighted by atomic mass is 10.1. The lowest BCUT2D eigenvalue weighted by Crippen LogP contribution is -2.39. The van der Waals surface area contributed by atoms with E-state index in [1.54, 1.807) is 9.58 Å². The molecule has 2 aromatic carbocycles. The molecule has 1 heterocycles. The number of aryl methyl sites for hydroxylation is 1. The normalized spacial score (nSPS) is 13.1. The topological polar surface area (TPSA) is 67.2 Å². The summed E-state index contributed by atoms with van der Waals surface area (Å²) in [7, 11) is 0. The molecule has 0 radical (unpaired) electrons. The van der Waals surface area contributed by atoms with E-state index < -0.39 is 0 Å². The third-order valence-electron chi connectivity index (χ3n) is 5.68. The second kappa shape index (κ2) is 9.81. The molecule has 3 aromatic rings. The van der Waals surface area contributed by atoms with Gasteiger partial charge in [0.25, 0.3) is 0 Å². The highest BCUT2D eigenvalue weighted by atomic mass is 16.2. The summed E-state index contributed by atoms with van der Waals surface area (Å²) >= 11 is 0. The van der Waals surface area contributed by atoms with E-state index in [1.807, 2.05) is 67.6 Å². The van der Waals surface area contributed by atoms with Crippen molar-refractivity contribution in [1.82, 2.24) is 14.7 Å². The first-order valence-corrected chi connectivity index (χ1v) is 11.4. The predicted octanol–water partition coefficient (Wildman–Crippen LogP) is 4.82. The van der Waals surface area contributed by atoms with Gasteiger partial charge in [-0.05, 0) is 38.3 Å². The highest BCUT2D eigenvalue weighted by Gasteiger charge is 2.34. The number of nitrogens with one attached hydrogen (secondary N) is 1. The van der Waals surface area contributed by atoms with E-state index in [-0.39, 0.29) is 24.3 Å². The SMILES string of the molecule is CCCCN(CC(=O)Nc1cc(-c2ccccc2)nn1-c1ccc(C)cc1)C(=O)C1CC1. The number of amides is 2. The van der Waals surface area contributed by atoms with Crippen LogP contribution in [-0.2, 0) is 9.59 Å². The van der Waals surface area contributed by atoms with E-state index in [0.717, 1.165) is 48.2 Å². The first kappa shape index (κ1) is 21.8. The number of unbranched alkanes of at least 4 members (excludes halogenated alkanes) is 1. The maximum Gasteiger partial charge on any atom is 0.245 e. The minimum atomic E-state index is -0.206. The Morgan fingerprint density at radius 2 is 1.81 bits per heavy atom. The third-order valence-corrected chi connectivity index (χ3v) is 5.68. The lowest BCUT2D eigenvalue weighted by Gasteiger charge is -2.22. The van der Waals surface area contributed by atoms with Gasteiger partial charge in [-0.25, -0.2) is 4.68 Å². The Kier molecular flexibility index (Phi) is 6.69. The predicted molar refractivity (Wildman–Crippen MR) is 127 cm³/mol. The lowest BCUT2D eigenvalue weighted by molar-refractivity contribution is -0.135. The van der Waals surface area contributed by atoms with Gasteiger partial charge in [0, 0.05) is 24.1 Å². The average Bonchev–Trinajstić information content (AvgIpc) is 3.58. The summed E-state index contributed by atoms with van der Waals surface area (Å²) in [4.78, 5) is 27.3. The highest BCUT2D eigenvalue weighted by molar-refractivity contribution is 5.95. The molecule has 6 heteroatoms. The second-order valence-electron chi connectivity index (χ2n) is 8.46. The number of hydrogen-bond donors (Lipinski definition) is 1. The van der Waals surface area contributed by atoms with Gasteiger partial charge >= 0.3 is 0 Å². The summed E-state index contributed by atoms with van der Waals surface area (Å²) in [6, 6.07) is 19.8. The van der Waals surface area contributed by atoms with Crippen molar-refractivity contribution in [2.24, 2.45) is 5.92 Å². The Morgan fingerprint density at radius 1 is 1.09 bits per heavy atom. The smallest absolute Gasteiger partial charge is 0.245 e. The Balaban J connectivity index is 1.58. The van der Waals surface area contributed by atoms with Crippen molar-refractivity contribution in [2.45, 2.75) is 39.5 Å².